The molecule has 1 amide bonds. The number of hydrogen-bond acceptors (Lipinski definition) is 5. The molecule has 0 saturated carbocycles. The fourth-order valence-corrected chi connectivity index (χ4v) is 4.69. The molecule has 1 aromatic heterocycles. The van der Waals surface area contributed by atoms with Crippen molar-refractivity contribution >= 4 is 27.3 Å². The van der Waals surface area contributed by atoms with E-state index in [-0.39, 0.29) is 29.3 Å². The standard InChI is InChI=1S/C17H17N3O3S2/c18-11-13-2-1-3-15(10-13)25(22,23)19-7-4-17(21)20-8-5-16-14(12-20)6-9-24-16/h1-3,6,9-10,19H,4-5,7-8,12H2. The van der Waals surface area contributed by atoms with Gasteiger partial charge in [-0.05, 0) is 41.6 Å². The van der Waals surface area contributed by atoms with Crippen molar-refractivity contribution in [2.75, 3.05) is 13.1 Å². The molecule has 0 aliphatic carbocycles. The van der Waals surface area contributed by atoms with Crippen molar-refractivity contribution < 1.29 is 13.2 Å². The Bertz CT molecular complexity index is 929. The smallest absolute Gasteiger partial charge is 0.240 e. The van der Waals surface area contributed by atoms with Crippen molar-refractivity contribution in [3.8, 4) is 6.07 Å². The van der Waals surface area contributed by atoms with Gasteiger partial charge in [0.15, 0.2) is 0 Å². The molecule has 2 aromatic rings. The minimum absolute atomic E-state index is 0.0277. The first-order valence-corrected chi connectivity index (χ1v) is 10.2. The Hall–Kier alpha value is -2.21. The maximum atomic E-state index is 12.3. The van der Waals surface area contributed by atoms with Crippen molar-refractivity contribution in [3.05, 3.63) is 51.7 Å². The molecule has 0 spiro atoms. The van der Waals surface area contributed by atoms with Crippen molar-refractivity contribution in [1.82, 2.24) is 9.62 Å². The molecule has 8 heteroatoms. The van der Waals surface area contributed by atoms with E-state index in [2.05, 4.69) is 4.72 Å². The number of fused-ring (bicyclic) bond motifs is 1. The normalized spacial score (nSPS) is 14.0. The number of carbonyl (C=O) groups excluding carboxylic acids is 1. The summed E-state index contributed by atoms with van der Waals surface area (Å²) in [5.41, 5.74) is 1.46. The van der Waals surface area contributed by atoms with Gasteiger partial charge in [-0.2, -0.15) is 5.26 Å². The number of nitrogens with zero attached hydrogens (tertiary/aromatic N) is 2. The van der Waals surface area contributed by atoms with Gasteiger partial charge in [-0.1, -0.05) is 6.07 Å². The molecular weight excluding hydrogens is 358 g/mol. The second kappa shape index (κ2) is 7.35. The number of sulfonamides is 1. The number of amides is 1. The summed E-state index contributed by atoms with van der Waals surface area (Å²) in [7, 11) is -3.73. The van der Waals surface area contributed by atoms with Crippen LogP contribution in [0.15, 0.2) is 40.6 Å². The zero-order valence-electron chi connectivity index (χ0n) is 13.4. The third-order valence-electron chi connectivity index (χ3n) is 4.06. The topological polar surface area (TPSA) is 90.3 Å². The average Bonchev–Trinajstić information content (AvgIpc) is 3.09. The summed E-state index contributed by atoms with van der Waals surface area (Å²) in [6.07, 6.45) is 0.960. The fourth-order valence-electron chi connectivity index (χ4n) is 2.73. The summed E-state index contributed by atoms with van der Waals surface area (Å²) in [5.74, 6) is -0.0645. The van der Waals surface area contributed by atoms with Crippen LogP contribution in [0.4, 0.5) is 0 Å². The maximum Gasteiger partial charge on any atom is 0.240 e. The van der Waals surface area contributed by atoms with Crippen LogP contribution in [0, 0.1) is 11.3 Å². The zero-order valence-corrected chi connectivity index (χ0v) is 15.1. The lowest BCUT2D eigenvalue weighted by molar-refractivity contribution is -0.131. The predicted octanol–water partition coefficient (Wildman–Crippen LogP) is 1.87. The van der Waals surface area contributed by atoms with Gasteiger partial charge in [0, 0.05) is 30.9 Å². The van der Waals surface area contributed by atoms with Gasteiger partial charge in [-0.15, -0.1) is 11.3 Å². The monoisotopic (exact) mass is 375 g/mol. The third kappa shape index (κ3) is 4.07. The lowest BCUT2D eigenvalue weighted by atomic mass is 10.1. The molecule has 0 saturated heterocycles. The quantitative estimate of drug-likeness (QED) is 0.864. The fraction of sp³-hybridized carbons (Fsp3) is 0.294. The van der Waals surface area contributed by atoms with Crippen molar-refractivity contribution in [1.29, 1.82) is 5.26 Å². The molecule has 1 aromatic carbocycles. The third-order valence-corrected chi connectivity index (χ3v) is 6.55. The molecular formula is C17H17N3O3S2. The van der Waals surface area contributed by atoms with E-state index in [9.17, 15) is 13.2 Å². The van der Waals surface area contributed by atoms with E-state index in [1.165, 1.54) is 34.7 Å². The van der Waals surface area contributed by atoms with E-state index in [4.69, 9.17) is 5.26 Å². The SMILES string of the molecule is N#Cc1cccc(S(=O)(=O)NCCC(=O)N2CCc3sccc3C2)c1. The summed E-state index contributed by atoms with van der Waals surface area (Å²) in [4.78, 5) is 15.4. The van der Waals surface area contributed by atoms with E-state index in [1.54, 1.807) is 16.2 Å². The van der Waals surface area contributed by atoms with E-state index in [1.807, 2.05) is 17.5 Å². The lowest BCUT2D eigenvalue weighted by Crippen LogP contribution is -2.37. The second-order valence-electron chi connectivity index (χ2n) is 5.72. The van der Waals surface area contributed by atoms with Crippen molar-refractivity contribution in [2.45, 2.75) is 24.3 Å². The Kier molecular flexibility index (Phi) is 5.18. The van der Waals surface area contributed by atoms with Crippen molar-refractivity contribution in [3.63, 3.8) is 0 Å². The van der Waals surface area contributed by atoms with Gasteiger partial charge in [-0.3, -0.25) is 4.79 Å². The van der Waals surface area contributed by atoms with Crippen LogP contribution in [0.1, 0.15) is 22.4 Å². The number of hydrogen-bond donors (Lipinski definition) is 1. The Balaban J connectivity index is 1.55. The van der Waals surface area contributed by atoms with Gasteiger partial charge in [-0.25, -0.2) is 13.1 Å². The predicted molar refractivity (Wildman–Crippen MR) is 94.4 cm³/mol. The molecule has 2 heterocycles. The number of rotatable bonds is 5. The first-order valence-electron chi connectivity index (χ1n) is 7.82. The van der Waals surface area contributed by atoms with Crippen LogP contribution in [0.2, 0.25) is 0 Å². The van der Waals surface area contributed by atoms with E-state index >= 15 is 0 Å². The Morgan fingerprint density at radius 1 is 1.36 bits per heavy atom. The van der Waals surface area contributed by atoms with Gasteiger partial charge < -0.3 is 4.90 Å². The van der Waals surface area contributed by atoms with Crippen LogP contribution in [-0.2, 0) is 27.8 Å². The Labute approximate surface area is 150 Å². The minimum atomic E-state index is -3.73. The summed E-state index contributed by atoms with van der Waals surface area (Å²) in [5, 5.41) is 10.9. The molecule has 3 rings (SSSR count). The maximum absolute atomic E-state index is 12.3. The molecule has 130 valence electrons. The van der Waals surface area contributed by atoms with E-state index in [0.29, 0.717) is 13.1 Å². The minimum Gasteiger partial charge on any atom is -0.338 e. The molecule has 0 fully saturated rings. The number of thiophene rings is 1. The summed E-state index contributed by atoms with van der Waals surface area (Å²) >= 11 is 1.71. The molecule has 1 aliphatic rings. The van der Waals surface area contributed by atoms with Crippen LogP contribution in [-0.4, -0.2) is 32.3 Å². The number of benzene rings is 1. The first-order chi connectivity index (χ1) is 12.0. The van der Waals surface area contributed by atoms with E-state index < -0.39 is 10.0 Å². The van der Waals surface area contributed by atoms with Crippen molar-refractivity contribution in [2.24, 2.45) is 0 Å². The largest absolute Gasteiger partial charge is 0.338 e. The highest BCUT2D eigenvalue weighted by Gasteiger charge is 2.22. The van der Waals surface area contributed by atoms with Crippen LogP contribution >= 0.6 is 11.3 Å². The molecule has 1 aliphatic heterocycles. The Morgan fingerprint density at radius 3 is 3.00 bits per heavy atom. The summed E-state index contributed by atoms with van der Waals surface area (Å²) in [6.45, 7) is 1.29. The molecule has 0 bridgehead atoms. The Morgan fingerprint density at radius 2 is 2.20 bits per heavy atom. The van der Waals surface area contributed by atoms with Crippen LogP contribution in [0.3, 0.4) is 0 Å². The van der Waals surface area contributed by atoms with Gasteiger partial charge in [0.25, 0.3) is 0 Å². The number of nitriles is 1. The van der Waals surface area contributed by atoms with Gasteiger partial charge >= 0.3 is 0 Å². The molecule has 1 N–H and O–H groups in total. The van der Waals surface area contributed by atoms with Crippen LogP contribution in [0.25, 0.3) is 0 Å². The molecule has 0 unspecified atom stereocenters. The number of nitrogens with one attached hydrogen (secondary N) is 1. The molecule has 0 radical (unpaired) electrons. The average molecular weight is 375 g/mol. The van der Waals surface area contributed by atoms with Crippen LogP contribution in [0.5, 0.6) is 0 Å². The zero-order chi connectivity index (χ0) is 17.9. The molecule has 25 heavy (non-hydrogen) atoms. The van der Waals surface area contributed by atoms with Crippen LogP contribution < -0.4 is 4.72 Å². The van der Waals surface area contributed by atoms with Gasteiger partial charge in [0.05, 0.1) is 16.5 Å². The molecule has 0 atom stereocenters. The highest BCUT2D eigenvalue weighted by Crippen LogP contribution is 2.24. The summed E-state index contributed by atoms with van der Waals surface area (Å²) in [6, 6.07) is 9.74. The number of carbonyl (C=O) groups is 1. The van der Waals surface area contributed by atoms with E-state index in [0.717, 1.165) is 6.42 Å². The highest BCUT2D eigenvalue weighted by atomic mass is 32.2. The first kappa shape index (κ1) is 17.6. The van der Waals surface area contributed by atoms with Gasteiger partial charge in [0.2, 0.25) is 15.9 Å². The second-order valence-corrected chi connectivity index (χ2v) is 8.49. The van der Waals surface area contributed by atoms with Gasteiger partial charge in [0.1, 0.15) is 0 Å². The molecule has 6 nitrogen and oxygen atoms in total. The highest BCUT2D eigenvalue weighted by molar-refractivity contribution is 7.89. The lowest BCUT2D eigenvalue weighted by Gasteiger charge is -2.27. The summed E-state index contributed by atoms with van der Waals surface area (Å²) < 4.78 is 26.9.